The summed E-state index contributed by atoms with van der Waals surface area (Å²) < 4.78 is 6.00. The molecule has 0 unspecified atom stereocenters. The molecule has 7 heteroatoms. The molecule has 1 aliphatic heterocycles. The molecule has 1 aliphatic rings. The molecular formula is C22H23Cl2N3O2. The Bertz CT molecular complexity index is 1110. The maximum Gasteiger partial charge on any atom is 0.255 e. The van der Waals surface area contributed by atoms with Crippen LogP contribution in [0.2, 0.25) is 10.0 Å². The number of furan rings is 1. The molecule has 152 valence electrons. The fraction of sp³-hybridized carbons (Fsp3) is 0.364. The van der Waals surface area contributed by atoms with Crippen molar-refractivity contribution in [2.75, 3.05) is 6.54 Å². The largest absolute Gasteiger partial charge is 0.460 e. The molecule has 1 N–H and O–H groups in total. The normalized spacial score (nSPS) is 14.8. The van der Waals surface area contributed by atoms with Gasteiger partial charge in [-0.1, -0.05) is 44.0 Å². The first-order valence-electron chi connectivity index (χ1n) is 9.60. The number of nitrogens with zero attached hydrogens (tertiary/aromatic N) is 2. The Kier molecular flexibility index (Phi) is 5.32. The molecule has 4 rings (SSSR count). The van der Waals surface area contributed by atoms with Gasteiger partial charge in [0.1, 0.15) is 17.3 Å². The summed E-state index contributed by atoms with van der Waals surface area (Å²) in [6.07, 6.45) is 0.749. The smallest absolute Gasteiger partial charge is 0.255 e. The minimum absolute atomic E-state index is 0.0438. The van der Waals surface area contributed by atoms with Gasteiger partial charge in [0.25, 0.3) is 5.56 Å². The quantitative estimate of drug-likeness (QED) is 0.619. The summed E-state index contributed by atoms with van der Waals surface area (Å²) in [5.74, 6) is 2.27. The fourth-order valence-electron chi connectivity index (χ4n) is 3.49. The lowest BCUT2D eigenvalue weighted by Gasteiger charge is -2.28. The van der Waals surface area contributed by atoms with E-state index in [1.54, 1.807) is 12.1 Å². The summed E-state index contributed by atoms with van der Waals surface area (Å²) >= 11 is 12.3. The van der Waals surface area contributed by atoms with Crippen LogP contribution in [-0.4, -0.2) is 21.4 Å². The molecule has 0 saturated carbocycles. The van der Waals surface area contributed by atoms with Gasteiger partial charge >= 0.3 is 0 Å². The standard InChI is InChI=1S/C22H23Cl2N3O2/c1-22(2,3)21-25-18-8-9-27(12-16(18)20(28)26-21)11-14-5-7-19(29-14)15-6-4-13(23)10-17(15)24/h4-7,10H,8-9,11-12H2,1-3H3,(H,25,26,28). The highest BCUT2D eigenvalue weighted by Crippen LogP contribution is 2.32. The number of H-pyrrole nitrogens is 1. The summed E-state index contributed by atoms with van der Waals surface area (Å²) in [4.78, 5) is 22.5. The number of halogens is 2. The summed E-state index contributed by atoms with van der Waals surface area (Å²) in [6.45, 7) is 8.15. The van der Waals surface area contributed by atoms with Crippen molar-refractivity contribution in [3.63, 3.8) is 0 Å². The minimum Gasteiger partial charge on any atom is -0.460 e. The van der Waals surface area contributed by atoms with Crippen LogP contribution in [0.25, 0.3) is 11.3 Å². The van der Waals surface area contributed by atoms with E-state index >= 15 is 0 Å². The van der Waals surface area contributed by atoms with Crippen LogP contribution >= 0.6 is 23.2 Å². The second kappa shape index (κ2) is 7.63. The third kappa shape index (κ3) is 4.27. The van der Waals surface area contributed by atoms with E-state index in [9.17, 15) is 4.79 Å². The number of nitrogens with one attached hydrogen (secondary N) is 1. The van der Waals surface area contributed by atoms with E-state index < -0.39 is 0 Å². The zero-order valence-corrected chi connectivity index (χ0v) is 18.2. The van der Waals surface area contributed by atoms with Gasteiger partial charge in [0.05, 0.1) is 22.8 Å². The van der Waals surface area contributed by atoms with Crippen LogP contribution in [0.4, 0.5) is 0 Å². The SMILES string of the molecule is CC(C)(C)c1nc2c(c(=O)[nH]1)CN(Cc1ccc(-c3ccc(Cl)cc3Cl)o1)CC2. The van der Waals surface area contributed by atoms with Crippen molar-refractivity contribution >= 4 is 23.2 Å². The second-order valence-corrected chi connectivity index (χ2v) is 9.28. The van der Waals surface area contributed by atoms with Crippen molar-refractivity contribution in [2.45, 2.75) is 45.7 Å². The van der Waals surface area contributed by atoms with E-state index in [-0.39, 0.29) is 11.0 Å². The van der Waals surface area contributed by atoms with Crippen molar-refractivity contribution in [1.29, 1.82) is 0 Å². The van der Waals surface area contributed by atoms with Gasteiger partial charge in [0.15, 0.2) is 0 Å². The number of hydrogen-bond donors (Lipinski definition) is 1. The maximum atomic E-state index is 12.6. The number of aromatic amines is 1. The van der Waals surface area contributed by atoms with E-state index in [1.165, 1.54) is 0 Å². The molecule has 5 nitrogen and oxygen atoms in total. The highest BCUT2D eigenvalue weighted by atomic mass is 35.5. The van der Waals surface area contributed by atoms with Crippen LogP contribution in [0, 0.1) is 0 Å². The average molecular weight is 432 g/mol. The molecule has 1 aromatic carbocycles. The molecule has 0 radical (unpaired) electrons. The second-order valence-electron chi connectivity index (χ2n) is 8.44. The van der Waals surface area contributed by atoms with Crippen LogP contribution in [0.5, 0.6) is 0 Å². The van der Waals surface area contributed by atoms with Gasteiger partial charge < -0.3 is 9.40 Å². The Labute approximate surface area is 179 Å². The minimum atomic E-state index is -0.182. The Morgan fingerprint density at radius 1 is 1.21 bits per heavy atom. The molecule has 3 aromatic rings. The lowest BCUT2D eigenvalue weighted by molar-refractivity contribution is 0.222. The molecule has 0 amide bonds. The Morgan fingerprint density at radius 2 is 2.00 bits per heavy atom. The van der Waals surface area contributed by atoms with Gasteiger partial charge in [-0.15, -0.1) is 0 Å². The molecule has 0 bridgehead atoms. The molecule has 3 heterocycles. The summed E-state index contributed by atoms with van der Waals surface area (Å²) in [6, 6.07) is 9.20. The summed E-state index contributed by atoms with van der Waals surface area (Å²) in [5.41, 5.74) is 2.23. The van der Waals surface area contributed by atoms with Gasteiger partial charge in [0, 0.05) is 35.5 Å². The number of aromatic nitrogens is 2. The van der Waals surface area contributed by atoms with Crippen molar-refractivity contribution in [3.05, 3.63) is 73.6 Å². The zero-order chi connectivity index (χ0) is 20.8. The van der Waals surface area contributed by atoms with Crippen molar-refractivity contribution in [1.82, 2.24) is 14.9 Å². The molecule has 29 heavy (non-hydrogen) atoms. The molecule has 0 fully saturated rings. The maximum absolute atomic E-state index is 12.6. The topological polar surface area (TPSA) is 62.1 Å². The molecule has 0 aliphatic carbocycles. The van der Waals surface area contributed by atoms with Crippen LogP contribution in [-0.2, 0) is 24.9 Å². The van der Waals surface area contributed by atoms with E-state index in [1.807, 2.05) is 39.0 Å². The van der Waals surface area contributed by atoms with Crippen LogP contribution in [0.15, 0.2) is 39.5 Å². The number of benzene rings is 1. The Balaban J connectivity index is 1.52. The fourth-order valence-corrected chi connectivity index (χ4v) is 3.99. The van der Waals surface area contributed by atoms with E-state index in [0.29, 0.717) is 28.9 Å². The van der Waals surface area contributed by atoms with Gasteiger partial charge in [-0.2, -0.15) is 0 Å². The van der Waals surface area contributed by atoms with Crippen LogP contribution in [0.1, 0.15) is 43.6 Å². The molecule has 0 saturated heterocycles. The predicted molar refractivity (Wildman–Crippen MR) is 116 cm³/mol. The average Bonchev–Trinajstić information content (AvgIpc) is 3.09. The van der Waals surface area contributed by atoms with Gasteiger partial charge in [0.2, 0.25) is 0 Å². The first kappa shape index (κ1) is 20.2. The zero-order valence-electron chi connectivity index (χ0n) is 16.7. The van der Waals surface area contributed by atoms with E-state index in [0.717, 1.165) is 41.4 Å². The van der Waals surface area contributed by atoms with Crippen molar-refractivity contribution < 1.29 is 4.42 Å². The van der Waals surface area contributed by atoms with E-state index in [2.05, 4.69) is 9.88 Å². The van der Waals surface area contributed by atoms with E-state index in [4.69, 9.17) is 32.6 Å². The van der Waals surface area contributed by atoms with Crippen LogP contribution in [0.3, 0.4) is 0 Å². The van der Waals surface area contributed by atoms with Gasteiger partial charge in [-0.05, 0) is 30.3 Å². The number of hydrogen-bond acceptors (Lipinski definition) is 4. The third-order valence-corrected chi connectivity index (χ3v) is 5.64. The Hall–Kier alpha value is -2.08. The lowest BCUT2D eigenvalue weighted by Crippen LogP contribution is -2.37. The van der Waals surface area contributed by atoms with Gasteiger partial charge in [-0.3, -0.25) is 9.69 Å². The summed E-state index contributed by atoms with van der Waals surface area (Å²) in [7, 11) is 0. The molecular weight excluding hydrogens is 409 g/mol. The monoisotopic (exact) mass is 431 g/mol. The molecule has 2 aromatic heterocycles. The van der Waals surface area contributed by atoms with Crippen LogP contribution < -0.4 is 5.56 Å². The molecule has 0 atom stereocenters. The highest BCUT2D eigenvalue weighted by Gasteiger charge is 2.25. The predicted octanol–water partition coefficient (Wildman–Crippen LogP) is 5.19. The highest BCUT2D eigenvalue weighted by molar-refractivity contribution is 6.36. The van der Waals surface area contributed by atoms with Gasteiger partial charge in [-0.25, -0.2) is 4.98 Å². The first-order chi connectivity index (χ1) is 13.7. The molecule has 0 spiro atoms. The third-order valence-electron chi connectivity index (χ3n) is 5.10. The van der Waals surface area contributed by atoms with Crippen molar-refractivity contribution in [2.24, 2.45) is 0 Å². The first-order valence-corrected chi connectivity index (χ1v) is 10.4. The Morgan fingerprint density at radius 3 is 2.72 bits per heavy atom. The van der Waals surface area contributed by atoms with Crippen molar-refractivity contribution in [3.8, 4) is 11.3 Å². The summed E-state index contributed by atoms with van der Waals surface area (Å²) in [5, 5.41) is 1.14. The lowest BCUT2D eigenvalue weighted by atomic mass is 9.95. The number of fused-ring (bicyclic) bond motifs is 1. The number of rotatable bonds is 3.